The summed E-state index contributed by atoms with van der Waals surface area (Å²) in [4.78, 5) is 0. The summed E-state index contributed by atoms with van der Waals surface area (Å²) in [5.74, 6) is 1.80. The molecule has 1 fully saturated rings. The number of terminal acetylenes is 1. The van der Waals surface area contributed by atoms with Gasteiger partial charge in [-0.25, -0.2) is 16.8 Å². The third-order valence-electron chi connectivity index (χ3n) is 3.05. The van der Waals surface area contributed by atoms with Crippen LogP contribution in [0.15, 0.2) is 24.3 Å². The highest BCUT2D eigenvalue weighted by Gasteiger charge is 2.25. The van der Waals surface area contributed by atoms with Gasteiger partial charge in [0.1, 0.15) is 5.75 Å². The maximum Gasteiger partial charge on any atom is 0.244 e. The Morgan fingerprint density at radius 2 is 1.90 bits per heavy atom. The van der Waals surface area contributed by atoms with E-state index in [4.69, 9.17) is 6.42 Å². The molecular formula is C13H16N2O4S2. The maximum absolute atomic E-state index is 12.0. The molecule has 21 heavy (non-hydrogen) atoms. The van der Waals surface area contributed by atoms with Crippen LogP contribution < -0.4 is 9.03 Å². The second kappa shape index (κ2) is 5.95. The molecule has 0 aliphatic carbocycles. The summed E-state index contributed by atoms with van der Waals surface area (Å²) in [5.41, 5.74) is 0.887. The number of sulfonamides is 2. The van der Waals surface area contributed by atoms with Gasteiger partial charge in [-0.05, 0) is 37.1 Å². The third kappa shape index (κ3) is 3.89. The van der Waals surface area contributed by atoms with Crippen LogP contribution in [0.3, 0.4) is 0 Å². The molecule has 114 valence electrons. The Labute approximate surface area is 125 Å². The molecule has 1 N–H and O–H groups in total. The van der Waals surface area contributed by atoms with Gasteiger partial charge >= 0.3 is 0 Å². The number of rotatable bonds is 4. The van der Waals surface area contributed by atoms with Crippen molar-refractivity contribution >= 4 is 31.4 Å². The van der Waals surface area contributed by atoms with Gasteiger partial charge in [0.25, 0.3) is 0 Å². The Morgan fingerprint density at radius 3 is 2.48 bits per heavy atom. The maximum atomic E-state index is 12.0. The number of benzene rings is 1. The van der Waals surface area contributed by atoms with Crippen molar-refractivity contribution in [3.63, 3.8) is 0 Å². The summed E-state index contributed by atoms with van der Waals surface area (Å²) in [6, 6.07) is 6.20. The van der Waals surface area contributed by atoms with Crippen molar-refractivity contribution in [2.24, 2.45) is 0 Å². The first-order valence-corrected chi connectivity index (χ1v) is 9.65. The number of nitrogens with one attached hydrogen (secondary N) is 1. The smallest absolute Gasteiger partial charge is 0.244 e. The van der Waals surface area contributed by atoms with E-state index in [1.54, 1.807) is 12.1 Å². The lowest BCUT2D eigenvalue weighted by molar-refractivity contribution is 0.574. The highest BCUT2D eigenvalue weighted by Crippen LogP contribution is 2.25. The van der Waals surface area contributed by atoms with Crippen LogP contribution in [0.1, 0.15) is 12.8 Å². The van der Waals surface area contributed by atoms with E-state index in [-0.39, 0.29) is 5.75 Å². The molecule has 8 heteroatoms. The first kappa shape index (κ1) is 15.7. The molecule has 6 nitrogen and oxygen atoms in total. The Kier molecular flexibility index (Phi) is 4.44. The standard InChI is InChI=1S/C13H16N2O4S2/c1-2-10-20(16,17)14-12-5-7-13(8-6-12)15-9-3-4-11-21(15,18)19/h1,5-8,14H,3-4,9-11H2. The van der Waals surface area contributed by atoms with E-state index in [0.29, 0.717) is 24.3 Å². The first-order chi connectivity index (χ1) is 9.84. The van der Waals surface area contributed by atoms with Gasteiger partial charge in [-0.1, -0.05) is 5.92 Å². The minimum Gasteiger partial charge on any atom is -0.283 e. The fourth-order valence-electron chi connectivity index (χ4n) is 2.10. The summed E-state index contributed by atoms with van der Waals surface area (Å²) in [5, 5.41) is 0. The zero-order chi connectivity index (χ0) is 15.5. The lowest BCUT2D eigenvalue weighted by atomic mass is 10.2. The Hall–Kier alpha value is -1.72. The average molecular weight is 328 g/mol. The zero-order valence-electron chi connectivity index (χ0n) is 11.3. The van der Waals surface area contributed by atoms with Crippen LogP contribution in [0.25, 0.3) is 0 Å². The molecule has 0 spiro atoms. The van der Waals surface area contributed by atoms with E-state index in [0.717, 1.165) is 6.42 Å². The van der Waals surface area contributed by atoms with Gasteiger partial charge in [-0.15, -0.1) is 6.42 Å². The molecule has 2 rings (SSSR count). The normalized spacial score (nSPS) is 18.0. The quantitative estimate of drug-likeness (QED) is 0.836. The lowest BCUT2D eigenvalue weighted by Crippen LogP contribution is -2.37. The first-order valence-electron chi connectivity index (χ1n) is 6.38. The molecule has 1 heterocycles. The second-order valence-electron chi connectivity index (χ2n) is 4.71. The minimum atomic E-state index is -3.56. The molecule has 1 saturated heterocycles. The zero-order valence-corrected chi connectivity index (χ0v) is 13.0. The van der Waals surface area contributed by atoms with Crippen LogP contribution in [0.5, 0.6) is 0 Å². The Morgan fingerprint density at radius 1 is 1.24 bits per heavy atom. The van der Waals surface area contributed by atoms with Crippen LogP contribution in [-0.2, 0) is 20.0 Å². The van der Waals surface area contributed by atoms with Crippen molar-refractivity contribution in [2.45, 2.75) is 12.8 Å². The second-order valence-corrected chi connectivity index (χ2v) is 8.44. The summed E-state index contributed by atoms with van der Waals surface area (Å²) < 4.78 is 50.7. The van der Waals surface area contributed by atoms with Crippen molar-refractivity contribution in [1.82, 2.24) is 0 Å². The molecule has 0 radical (unpaired) electrons. The van der Waals surface area contributed by atoms with E-state index in [1.165, 1.54) is 16.4 Å². The average Bonchev–Trinajstić information content (AvgIpc) is 2.39. The molecule has 1 aliphatic heterocycles. The third-order valence-corrected chi connectivity index (χ3v) is 6.01. The van der Waals surface area contributed by atoms with E-state index in [2.05, 4.69) is 10.6 Å². The van der Waals surface area contributed by atoms with Crippen molar-refractivity contribution in [3.05, 3.63) is 24.3 Å². The summed E-state index contributed by atoms with van der Waals surface area (Å²) in [6.45, 7) is 0.449. The predicted molar refractivity (Wildman–Crippen MR) is 83.1 cm³/mol. The van der Waals surface area contributed by atoms with E-state index in [1.807, 2.05) is 0 Å². The molecule has 0 amide bonds. The van der Waals surface area contributed by atoms with Gasteiger partial charge < -0.3 is 0 Å². The highest BCUT2D eigenvalue weighted by molar-refractivity contribution is 7.93. The van der Waals surface area contributed by atoms with E-state index < -0.39 is 25.8 Å². The monoisotopic (exact) mass is 328 g/mol. The Bertz CT molecular complexity index is 746. The van der Waals surface area contributed by atoms with E-state index >= 15 is 0 Å². The van der Waals surface area contributed by atoms with Crippen molar-refractivity contribution in [2.75, 3.05) is 27.1 Å². The molecule has 0 aromatic heterocycles. The molecule has 0 unspecified atom stereocenters. The predicted octanol–water partition coefficient (Wildman–Crippen LogP) is 0.992. The lowest BCUT2D eigenvalue weighted by Gasteiger charge is -2.28. The van der Waals surface area contributed by atoms with Gasteiger partial charge in [0, 0.05) is 12.2 Å². The summed E-state index contributed by atoms with van der Waals surface area (Å²) in [6.07, 6.45) is 6.46. The van der Waals surface area contributed by atoms with Crippen LogP contribution in [0.4, 0.5) is 11.4 Å². The molecule has 0 saturated carbocycles. The fraction of sp³-hybridized carbons (Fsp3) is 0.385. The molecular weight excluding hydrogens is 312 g/mol. The number of nitrogens with zero attached hydrogens (tertiary/aromatic N) is 1. The van der Waals surface area contributed by atoms with Gasteiger partial charge in [0.05, 0.1) is 11.4 Å². The van der Waals surface area contributed by atoms with Crippen LogP contribution in [0.2, 0.25) is 0 Å². The molecule has 1 aromatic carbocycles. The largest absolute Gasteiger partial charge is 0.283 e. The number of hydrogen-bond acceptors (Lipinski definition) is 4. The van der Waals surface area contributed by atoms with Gasteiger partial charge in [-0.3, -0.25) is 9.03 Å². The van der Waals surface area contributed by atoms with Crippen molar-refractivity contribution < 1.29 is 16.8 Å². The van der Waals surface area contributed by atoms with Crippen LogP contribution in [0, 0.1) is 12.3 Å². The van der Waals surface area contributed by atoms with Crippen molar-refractivity contribution in [1.29, 1.82) is 0 Å². The van der Waals surface area contributed by atoms with Crippen molar-refractivity contribution in [3.8, 4) is 12.3 Å². The molecule has 1 aliphatic rings. The van der Waals surface area contributed by atoms with E-state index in [9.17, 15) is 16.8 Å². The fourth-order valence-corrected chi connectivity index (χ4v) is 4.53. The SMILES string of the molecule is C#CCS(=O)(=O)Nc1ccc(N2CCCCS2(=O)=O)cc1. The number of hydrogen-bond donors (Lipinski definition) is 1. The summed E-state index contributed by atoms with van der Waals surface area (Å²) in [7, 11) is -6.83. The van der Waals surface area contributed by atoms with Gasteiger partial charge in [-0.2, -0.15) is 0 Å². The molecule has 1 aromatic rings. The Balaban J connectivity index is 2.18. The highest BCUT2D eigenvalue weighted by atomic mass is 32.2. The van der Waals surface area contributed by atoms with Gasteiger partial charge in [0.15, 0.2) is 0 Å². The number of anilines is 2. The minimum absolute atomic E-state index is 0.142. The van der Waals surface area contributed by atoms with Crippen LogP contribution in [-0.4, -0.2) is 34.9 Å². The molecule has 0 bridgehead atoms. The molecule has 0 atom stereocenters. The topological polar surface area (TPSA) is 83.6 Å². The summed E-state index contributed by atoms with van der Waals surface area (Å²) >= 11 is 0. The van der Waals surface area contributed by atoms with Crippen LogP contribution >= 0.6 is 0 Å². The van der Waals surface area contributed by atoms with Gasteiger partial charge in [0.2, 0.25) is 20.0 Å².